The molecule has 0 radical (unpaired) electrons. The zero-order chi connectivity index (χ0) is 23.4. The maximum Gasteiger partial charge on any atom is 0.144 e. The molecule has 0 saturated heterocycles. The molecule has 0 fully saturated rings. The van der Waals surface area contributed by atoms with E-state index in [1.807, 2.05) is 58.0 Å². The first kappa shape index (κ1) is 23.5. The molecule has 0 aliphatic rings. The molecule has 3 nitrogen and oxygen atoms in total. The van der Waals surface area contributed by atoms with Crippen molar-refractivity contribution in [3.05, 3.63) is 83.4 Å². The third-order valence-electron chi connectivity index (χ3n) is 5.15. The van der Waals surface area contributed by atoms with Crippen molar-refractivity contribution in [2.45, 2.75) is 39.0 Å². The van der Waals surface area contributed by atoms with Crippen LogP contribution >= 0.6 is 11.3 Å². The molecule has 0 saturated carbocycles. The van der Waals surface area contributed by atoms with Crippen molar-refractivity contribution < 1.29 is 9.29 Å². The predicted octanol–water partition coefficient (Wildman–Crippen LogP) is 6.89. The number of nitrogens with zero attached hydrogens (tertiary/aromatic N) is 1. The van der Waals surface area contributed by atoms with Crippen molar-refractivity contribution in [1.29, 1.82) is 0 Å². The molecule has 1 atom stereocenters. The maximum atomic E-state index is 12.4. The van der Waals surface area contributed by atoms with E-state index in [1.165, 1.54) is 20.2 Å². The summed E-state index contributed by atoms with van der Waals surface area (Å²) < 4.78 is 24.6. The number of rotatable bonds is 5. The third kappa shape index (κ3) is 5.85. The Bertz CT molecular complexity index is 1360. The van der Waals surface area contributed by atoms with Crippen LogP contribution in [0.1, 0.15) is 44.4 Å². The van der Waals surface area contributed by atoms with Crippen LogP contribution in [0, 0.1) is 11.8 Å². The third-order valence-corrected chi connectivity index (χ3v) is 7.79. The summed E-state index contributed by atoms with van der Waals surface area (Å²) in [6.07, 6.45) is 0. The van der Waals surface area contributed by atoms with Gasteiger partial charge in [0, 0.05) is 31.3 Å². The van der Waals surface area contributed by atoms with Crippen LogP contribution in [-0.4, -0.2) is 21.6 Å². The molecule has 0 bridgehead atoms. The molecule has 168 valence electrons. The molecule has 5 heteroatoms. The molecule has 0 N–H and O–H groups in total. The van der Waals surface area contributed by atoms with Gasteiger partial charge >= 0.3 is 0 Å². The Morgan fingerprint density at radius 3 is 2.42 bits per heavy atom. The Balaban J connectivity index is 1.55. The van der Waals surface area contributed by atoms with Gasteiger partial charge in [0.15, 0.2) is 0 Å². The van der Waals surface area contributed by atoms with Gasteiger partial charge in [0.05, 0.1) is 12.3 Å². The summed E-state index contributed by atoms with van der Waals surface area (Å²) in [7, 11) is 0. The highest BCUT2D eigenvalue weighted by atomic mass is 32.2. The van der Waals surface area contributed by atoms with Gasteiger partial charge in [-0.2, -0.15) is 0 Å². The molecular weight excluding hydrogens is 446 g/mol. The van der Waals surface area contributed by atoms with Crippen molar-refractivity contribution in [3.8, 4) is 11.8 Å². The molecule has 4 aromatic rings. The normalized spacial score (nSPS) is 13.2. The van der Waals surface area contributed by atoms with Crippen LogP contribution in [0.25, 0.3) is 20.2 Å². The molecule has 33 heavy (non-hydrogen) atoms. The van der Waals surface area contributed by atoms with Gasteiger partial charge in [-0.15, -0.1) is 11.3 Å². The molecule has 0 aliphatic heterocycles. The van der Waals surface area contributed by atoms with Crippen LogP contribution in [0.4, 0.5) is 0 Å². The zero-order valence-electron chi connectivity index (χ0n) is 19.3. The number of benzene rings is 3. The molecule has 0 aliphatic carbocycles. The zero-order valence-corrected chi connectivity index (χ0v) is 21.0. The topological polar surface area (TPSA) is 44.7 Å². The van der Waals surface area contributed by atoms with Gasteiger partial charge in [-0.25, -0.2) is 0 Å². The molecule has 1 aromatic heterocycles. The molecule has 3 aromatic carbocycles. The number of hydrogen-bond acceptors (Lipinski definition) is 4. The lowest BCUT2D eigenvalue weighted by atomic mass is 10.1. The van der Waals surface area contributed by atoms with Crippen LogP contribution < -0.4 is 0 Å². The molecular formula is C28H27NO2S2. The van der Waals surface area contributed by atoms with E-state index in [4.69, 9.17) is 4.74 Å². The van der Waals surface area contributed by atoms with Gasteiger partial charge in [0.2, 0.25) is 0 Å². The largest absolute Gasteiger partial charge is 0.591 e. The van der Waals surface area contributed by atoms with E-state index in [1.54, 1.807) is 11.3 Å². The minimum absolute atomic E-state index is 0.376. The fourth-order valence-corrected chi connectivity index (χ4v) is 5.02. The second-order valence-electron chi connectivity index (χ2n) is 8.84. The summed E-state index contributed by atoms with van der Waals surface area (Å²) in [5.74, 6) is 6.34. The average Bonchev–Trinajstić information content (AvgIpc) is 3.16. The molecule has 0 spiro atoms. The second-order valence-corrected chi connectivity index (χ2v) is 11.8. The fraction of sp³-hybridized carbons (Fsp3) is 0.250. The van der Waals surface area contributed by atoms with E-state index < -0.39 is 11.4 Å². The van der Waals surface area contributed by atoms with E-state index in [0.717, 1.165) is 22.4 Å². The number of hydrogen-bond donors (Lipinski definition) is 0. The number of fused-ring (bicyclic) bond motifs is 3. The van der Waals surface area contributed by atoms with Crippen LogP contribution in [0.15, 0.2) is 71.1 Å². The van der Waals surface area contributed by atoms with Crippen molar-refractivity contribution in [3.63, 3.8) is 0 Å². The lowest BCUT2D eigenvalue weighted by Gasteiger charge is -2.18. The number of ether oxygens (including phenoxy) is 1. The monoisotopic (exact) mass is 473 g/mol. The van der Waals surface area contributed by atoms with E-state index in [9.17, 15) is 4.55 Å². The Labute approximate surface area is 202 Å². The Hall–Kier alpha value is -2.62. The SMILES string of the molecule is CC(=N[S@+]([O-])C(C)(C)C)c1ccc2sc3ccc(C#CCOCc4ccccc4)cc3c2c1. The standard InChI is InChI=1S/C28H27NO2S2/c1-20(29-33(30)28(2,3)4)23-13-15-27-25(18-23)24-17-21(12-14-26(24)32-27)11-8-16-31-19-22-9-6-5-7-10-22/h5-7,9-10,12-15,17-18H,16,19H2,1-4H3/t33-/m1/s1. The van der Waals surface area contributed by atoms with E-state index in [2.05, 4.69) is 52.6 Å². The molecule has 1 heterocycles. The Morgan fingerprint density at radius 1 is 1.00 bits per heavy atom. The van der Waals surface area contributed by atoms with Gasteiger partial charge in [-0.1, -0.05) is 52.6 Å². The Morgan fingerprint density at radius 2 is 1.70 bits per heavy atom. The highest BCUT2D eigenvalue weighted by molar-refractivity contribution is 7.91. The minimum Gasteiger partial charge on any atom is -0.591 e. The van der Waals surface area contributed by atoms with Gasteiger partial charge < -0.3 is 9.29 Å². The smallest absolute Gasteiger partial charge is 0.144 e. The van der Waals surface area contributed by atoms with E-state index in [-0.39, 0.29) is 4.75 Å². The van der Waals surface area contributed by atoms with Crippen molar-refractivity contribution in [2.75, 3.05) is 6.61 Å². The summed E-state index contributed by atoms with van der Waals surface area (Å²) in [5, 5.41) is 2.35. The molecule has 4 rings (SSSR count). The van der Waals surface area contributed by atoms with Crippen LogP contribution in [0.2, 0.25) is 0 Å². The summed E-state index contributed by atoms with van der Waals surface area (Å²) >= 11 is 0.485. The lowest BCUT2D eigenvalue weighted by Crippen LogP contribution is -2.26. The maximum absolute atomic E-state index is 12.4. The lowest BCUT2D eigenvalue weighted by molar-refractivity contribution is 0.153. The van der Waals surface area contributed by atoms with Crippen LogP contribution in [0.3, 0.4) is 0 Å². The Kier molecular flexibility index (Phi) is 7.21. The summed E-state index contributed by atoms with van der Waals surface area (Å²) in [6.45, 7) is 8.68. The van der Waals surface area contributed by atoms with Gasteiger partial charge in [0.25, 0.3) is 0 Å². The second kappa shape index (κ2) is 10.1. The van der Waals surface area contributed by atoms with Crippen LogP contribution in [-0.2, 0) is 22.7 Å². The van der Waals surface area contributed by atoms with Gasteiger partial charge in [-0.3, -0.25) is 0 Å². The minimum atomic E-state index is -1.28. The van der Waals surface area contributed by atoms with E-state index in [0.29, 0.717) is 13.2 Å². The number of thiophene rings is 1. The van der Waals surface area contributed by atoms with Crippen molar-refractivity contribution in [2.24, 2.45) is 4.40 Å². The summed E-state index contributed by atoms with van der Waals surface area (Å²) in [4.78, 5) is 0. The van der Waals surface area contributed by atoms with Gasteiger partial charge in [-0.05, 0) is 63.6 Å². The highest BCUT2D eigenvalue weighted by Crippen LogP contribution is 2.35. The van der Waals surface area contributed by atoms with E-state index >= 15 is 0 Å². The first-order valence-electron chi connectivity index (χ1n) is 10.9. The summed E-state index contributed by atoms with van der Waals surface area (Å²) in [5.41, 5.74) is 3.89. The molecule has 0 amide bonds. The quantitative estimate of drug-likeness (QED) is 0.137. The first-order chi connectivity index (χ1) is 15.8. The van der Waals surface area contributed by atoms with Crippen LogP contribution in [0.5, 0.6) is 0 Å². The summed E-state index contributed by atoms with van der Waals surface area (Å²) in [6, 6.07) is 22.8. The fourth-order valence-electron chi connectivity index (χ4n) is 3.33. The van der Waals surface area contributed by atoms with Crippen molar-refractivity contribution in [1.82, 2.24) is 0 Å². The highest BCUT2D eigenvalue weighted by Gasteiger charge is 2.26. The van der Waals surface area contributed by atoms with Gasteiger partial charge in [0.1, 0.15) is 22.7 Å². The molecule has 0 unspecified atom stereocenters. The average molecular weight is 474 g/mol. The predicted molar refractivity (Wildman–Crippen MR) is 142 cm³/mol. The first-order valence-corrected chi connectivity index (χ1v) is 12.8. The van der Waals surface area contributed by atoms with Crippen molar-refractivity contribution >= 4 is 48.6 Å².